The molecular formula is C19H21NO3S. The summed E-state index contributed by atoms with van der Waals surface area (Å²) in [7, 11) is -3.06. The van der Waals surface area contributed by atoms with E-state index in [9.17, 15) is 13.2 Å². The molecule has 0 radical (unpaired) electrons. The Morgan fingerprint density at radius 1 is 1.04 bits per heavy atom. The highest BCUT2D eigenvalue weighted by molar-refractivity contribution is 7.89. The van der Waals surface area contributed by atoms with Crippen LogP contribution in [-0.2, 0) is 20.4 Å². The number of allylic oxidation sites excluding steroid dienone is 1. The van der Waals surface area contributed by atoms with Crippen LogP contribution in [0.4, 0.5) is 5.69 Å². The Balaban J connectivity index is 2.07. The van der Waals surface area contributed by atoms with Gasteiger partial charge in [0.15, 0.2) is 9.84 Å². The summed E-state index contributed by atoms with van der Waals surface area (Å²) < 4.78 is 22.5. The fraction of sp³-hybridized carbons (Fsp3) is 0.211. The lowest BCUT2D eigenvalue weighted by Crippen LogP contribution is -2.09. The van der Waals surface area contributed by atoms with Crippen LogP contribution in [0.15, 0.2) is 60.7 Å². The molecule has 0 aromatic heterocycles. The van der Waals surface area contributed by atoms with Crippen LogP contribution in [-0.4, -0.2) is 20.6 Å². The van der Waals surface area contributed by atoms with Gasteiger partial charge in [-0.05, 0) is 35.3 Å². The van der Waals surface area contributed by atoms with Crippen molar-refractivity contribution in [3.05, 3.63) is 71.8 Å². The highest BCUT2D eigenvalue weighted by Crippen LogP contribution is 2.18. The lowest BCUT2D eigenvalue weighted by molar-refractivity contribution is -0.111. The molecule has 0 unspecified atom stereocenters. The van der Waals surface area contributed by atoms with Gasteiger partial charge in [0.25, 0.3) is 0 Å². The van der Waals surface area contributed by atoms with Crippen molar-refractivity contribution in [1.82, 2.24) is 0 Å². The van der Waals surface area contributed by atoms with E-state index in [2.05, 4.69) is 5.32 Å². The highest BCUT2D eigenvalue weighted by Gasteiger charge is 2.06. The standard InChI is InChI=1S/C19H21NO3S/c1-3-16(17-7-5-4-6-8-17)13-19(21)20-18-11-9-15(10-12-18)14-24(2,22)23/h4-13H,3,14H2,1-2H3,(H,20,21)/b16-13-. The lowest BCUT2D eigenvalue weighted by Gasteiger charge is -2.07. The number of hydrogen-bond acceptors (Lipinski definition) is 3. The minimum absolute atomic E-state index is 0.00484. The van der Waals surface area contributed by atoms with E-state index in [1.165, 1.54) is 6.26 Å². The zero-order valence-electron chi connectivity index (χ0n) is 13.8. The molecule has 0 aliphatic rings. The van der Waals surface area contributed by atoms with E-state index in [4.69, 9.17) is 0 Å². The van der Waals surface area contributed by atoms with Crippen LogP contribution in [0.5, 0.6) is 0 Å². The molecule has 2 rings (SSSR count). The lowest BCUT2D eigenvalue weighted by atomic mass is 10.0. The van der Waals surface area contributed by atoms with Gasteiger partial charge in [-0.3, -0.25) is 4.79 Å². The van der Waals surface area contributed by atoms with Gasteiger partial charge in [0.2, 0.25) is 5.91 Å². The predicted octanol–water partition coefficient (Wildman–Crippen LogP) is 3.66. The van der Waals surface area contributed by atoms with Crippen molar-refractivity contribution in [3.8, 4) is 0 Å². The number of carbonyl (C=O) groups is 1. The van der Waals surface area contributed by atoms with Crippen LogP contribution in [0, 0.1) is 0 Å². The molecular weight excluding hydrogens is 322 g/mol. The Bertz CT molecular complexity index is 823. The smallest absolute Gasteiger partial charge is 0.248 e. The van der Waals surface area contributed by atoms with Gasteiger partial charge >= 0.3 is 0 Å². The molecule has 2 aromatic rings. The molecule has 1 N–H and O–H groups in total. The minimum Gasteiger partial charge on any atom is -0.323 e. The Morgan fingerprint density at radius 2 is 1.67 bits per heavy atom. The quantitative estimate of drug-likeness (QED) is 0.814. The summed E-state index contributed by atoms with van der Waals surface area (Å²) >= 11 is 0. The van der Waals surface area contributed by atoms with Crippen molar-refractivity contribution in [2.24, 2.45) is 0 Å². The molecule has 0 saturated heterocycles. The van der Waals surface area contributed by atoms with Crippen molar-refractivity contribution in [3.63, 3.8) is 0 Å². The van der Waals surface area contributed by atoms with Crippen LogP contribution in [0.2, 0.25) is 0 Å². The number of benzene rings is 2. The third-order valence-electron chi connectivity index (χ3n) is 3.48. The second-order valence-electron chi connectivity index (χ2n) is 5.65. The Labute approximate surface area is 143 Å². The van der Waals surface area contributed by atoms with E-state index in [0.717, 1.165) is 17.6 Å². The van der Waals surface area contributed by atoms with E-state index in [1.54, 1.807) is 30.3 Å². The van der Waals surface area contributed by atoms with Crippen molar-refractivity contribution in [1.29, 1.82) is 0 Å². The number of nitrogens with one attached hydrogen (secondary N) is 1. The number of anilines is 1. The Kier molecular flexibility index (Phi) is 5.93. The molecule has 0 fully saturated rings. The Hall–Kier alpha value is -2.40. The third-order valence-corrected chi connectivity index (χ3v) is 4.34. The summed E-state index contributed by atoms with van der Waals surface area (Å²) in [6.07, 6.45) is 3.55. The number of hydrogen-bond donors (Lipinski definition) is 1. The first kappa shape index (κ1) is 17.9. The minimum atomic E-state index is -3.06. The SMILES string of the molecule is CC/C(=C/C(=O)Nc1ccc(CS(C)(=O)=O)cc1)c1ccccc1. The molecule has 0 saturated carbocycles. The highest BCUT2D eigenvalue weighted by atomic mass is 32.2. The van der Waals surface area contributed by atoms with Gasteiger partial charge in [-0.15, -0.1) is 0 Å². The molecule has 24 heavy (non-hydrogen) atoms. The summed E-state index contributed by atoms with van der Waals surface area (Å²) in [5.41, 5.74) is 3.32. The molecule has 0 aliphatic carbocycles. The topological polar surface area (TPSA) is 63.2 Å². The van der Waals surface area contributed by atoms with E-state index in [-0.39, 0.29) is 11.7 Å². The predicted molar refractivity (Wildman–Crippen MR) is 98.3 cm³/mol. The maximum atomic E-state index is 12.2. The van der Waals surface area contributed by atoms with Crippen LogP contribution in [0.1, 0.15) is 24.5 Å². The molecule has 0 bridgehead atoms. The number of amides is 1. The van der Waals surface area contributed by atoms with E-state index >= 15 is 0 Å². The van der Waals surface area contributed by atoms with Gasteiger partial charge in [0.1, 0.15) is 0 Å². The molecule has 4 nitrogen and oxygen atoms in total. The van der Waals surface area contributed by atoms with Gasteiger partial charge in [-0.1, -0.05) is 49.4 Å². The van der Waals surface area contributed by atoms with Crippen LogP contribution in [0.25, 0.3) is 5.57 Å². The van der Waals surface area contributed by atoms with Gasteiger partial charge in [-0.2, -0.15) is 0 Å². The maximum Gasteiger partial charge on any atom is 0.248 e. The van der Waals surface area contributed by atoms with Crippen molar-refractivity contribution in [2.75, 3.05) is 11.6 Å². The van der Waals surface area contributed by atoms with Gasteiger partial charge in [-0.25, -0.2) is 8.42 Å². The first-order valence-corrected chi connectivity index (χ1v) is 9.77. The first-order valence-electron chi connectivity index (χ1n) is 7.71. The van der Waals surface area contributed by atoms with Crippen LogP contribution >= 0.6 is 0 Å². The molecule has 0 spiro atoms. The van der Waals surface area contributed by atoms with Gasteiger partial charge < -0.3 is 5.32 Å². The zero-order chi connectivity index (χ0) is 17.6. The molecule has 1 amide bonds. The number of sulfone groups is 1. The number of carbonyl (C=O) groups excluding carboxylic acids is 1. The summed E-state index contributed by atoms with van der Waals surface area (Å²) in [6.45, 7) is 2.01. The third kappa shape index (κ3) is 5.66. The molecule has 0 heterocycles. The molecule has 0 atom stereocenters. The first-order chi connectivity index (χ1) is 11.4. The average molecular weight is 343 g/mol. The molecule has 126 valence electrons. The van der Waals surface area contributed by atoms with Crippen LogP contribution in [0.3, 0.4) is 0 Å². The second-order valence-corrected chi connectivity index (χ2v) is 7.79. The van der Waals surface area contributed by atoms with E-state index in [1.807, 2.05) is 37.3 Å². The second kappa shape index (κ2) is 7.93. The summed E-state index contributed by atoms with van der Waals surface area (Å²) in [4.78, 5) is 12.2. The normalized spacial score (nSPS) is 12.0. The van der Waals surface area contributed by atoms with Gasteiger partial charge in [0, 0.05) is 18.0 Å². The fourth-order valence-electron chi connectivity index (χ4n) is 2.37. The average Bonchev–Trinajstić information content (AvgIpc) is 2.54. The van der Waals surface area contributed by atoms with E-state index in [0.29, 0.717) is 11.3 Å². The summed E-state index contributed by atoms with van der Waals surface area (Å²) in [5, 5.41) is 2.80. The summed E-state index contributed by atoms with van der Waals surface area (Å²) in [6, 6.07) is 16.6. The maximum absolute atomic E-state index is 12.2. The monoisotopic (exact) mass is 343 g/mol. The zero-order valence-corrected chi connectivity index (χ0v) is 14.6. The fourth-order valence-corrected chi connectivity index (χ4v) is 3.16. The molecule has 5 heteroatoms. The molecule has 2 aromatic carbocycles. The van der Waals surface area contributed by atoms with E-state index < -0.39 is 9.84 Å². The van der Waals surface area contributed by atoms with Crippen molar-refractivity contribution in [2.45, 2.75) is 19.1 Å². The van der Waals surface area contributed by atoms with Crippen molar-refractivity contribution >= 4 is 27.0 Å². The van der Waals surface area contributed by atoms with Gasteiger partial charge in [0.05, 0.1) is 5.75 Å². The van der Waals surface area contributed by atoms with Crippen molar-refractivity contribution < 1.29 is 13.2 Å². The molecule has 0 aliphatic heterocycles. The summed E-state index contributed by atoms with van der Waals surface area (Å²) in [5.74, 6) is -0.207. The van der Waals surface area contributed by atoms with Crippen LogP contribution < -0.4 is 5.32 Å². The largest absolute Gasteiger partial charge is 0.323 e. The number of rotatable bonds is 6. The Morgan fingerprint density at radius 3 is 2.21 bits per heavy atom.